The van der Waals surface area contributed by atoms with Gasteiger partial charge in [-0.2, -0.15) is 0 Å². The van der Waals surface area contributed by atoms with Crippen molar-refractivity contribution in [2.75, 3.05) is 0 Å². The number of benzene rings is 2. The zero-order chi connectivity index (χ0) is 14.3. The summed E-state index contributed by atoms with van der Waals surface area (Å²) in [4.78, 5) is 0. The molecule has 0 aromatic heterocycles. The van der Waals surface area contributed by atoms with Crippen LogP contribution >= 0.6 is 0 Å². The van der Waals surface area contributed by atoms with Crippen LogP contribution in [0.1, 0.15) is 33.4 Å². The van der Waals surface area contributed by atoms with E-state index in [1.807, 2.05) is 19.1 Å². The van der Waals surface area contributed by atoms with E-state index in [4.69, 9.17) is 0 Å². The van der Waals surface area contributed by atoms with Crippen molar-refractivity contribution < 1.29 is 4.39 Å². The molecule has 0 radical (unpaired) electrons. The van der Waals surface area contributed by atoms with Gasteiger partial charge in [-0.05, 0) is 86.6 Å². The Morgan fingerprint density at radius 3 is 1.63 bits per heavy atom. The zero-order valence-corrected chi connectivity index (χ0v) is 12.6. The lowest BCUT2D eigenvalue weighted by Gasteiger charge is -2.19. The van der Waals surface area contributed by atoms with E-state index < -0.39 is 0 Å². The largest absolute Gasteiger partial charge is 0.206 e. The minimum absolute atomic E-state index is 0.131. The molecule has 0 fully saturated rings. The first-order valence-corrected chi connectivity index (χ1v) is 6.68. The molecular formula is C18H21F. The second-order valence-electron chi connectivity index (χ2n) is 5.48. The highest BCUT2D eigenvalue weighted by Crippen LogP contribution is 2.35. The molecule has 2 rings (SSSR count). The van der Waals surface area contributed by atoms with Crippen LogP contribution in [0.3, 0.4) is 0 Å². The van der Waals surface area contributed by atoms with Gasteiger partial charge in [-0.15, -0.1) is 0 Å². The minimum atomic E-state index is -0.131. The number of aryl methyl sites for hydroxylation is 1. The Bertz CT molecular complexity index is 622. The van der Waals surface area contributed by atoms with Crippen molar-refractivity contribution in [2.45, 2.75) is 41.5 Å². The summed E-state index contributed by atoms with van der Waals surface area (Å²) in [5.41, 5.74) is 8.93. The lowest BCUT2D eigenvalue weighted by atomic mass is 9.86. The van der Waals surface area contributed by atoms with Gasteiger partial charge in [0.15, 0.2) is 0 Å². The fraction of sp³-hybridized carbons (Fsp3) is 0.333. The van der Waals surface area contributed by atoms with Gasteiger partial charge in [0.1, 0.15) is 5.82 Å². The van der Waals surface area contributed by atoms with Crippen LogP contribution in [0, 0.1) is 47.4 Å². The first-order chi connectivity index (χ1) is 8.84. The third-order valence-corrected chi connectivity index (χ3v) is 4.39. The van der Waals surface area contributed by atoms with Crippen molar-refractivity contribution >= 4 is 0 Å². The van der Waals surface area contributed by atoms with Gasteiger partial charge in [-0.3, -0.25) is 0 Å². The molecular weight excluding hydrogens is 235 g/mol. The maximum Gasteiger partial charge on any atom is 0.131 e. The summed E-state index contributed by atoms with van der Waals surface area (Å²) in [6.45, 7) is 12.5. The van der Waals surface area contributed by atoms with Gasteiger partial charge in [-0.1, -0.05) is 12.1 Å². The molecule has 0 saturated carbocycles. The van der Waals surface area contributed by atoms with Gasteiger partial charge in [0, 0.05) is 5.56 Å². The van der Waals surface area contributed by atoms with E-state index in [1.54, 1.807) is 6.07 Å². The molecule has 0 N–H and O–H groups in total. The molecule has 0 nitrogen and oxygen atoms in total. The van der Waals surface area contributed by atoms with E-state index in [9.17, 15) is 4.39 Å². The van der Waals surface area contributed by atoms with Gasteiger partial charge >= 0.3 is 0 Å². The van der Waals surface area contributed by atoms with E-state index in [1.165, 1.54) is 27.8 Å². The molecule has 0 aliphatic carbocycles. The predicted octanol–water partition coefficient (Wildman–Crippen LogP) is 5.34. The highest BCUT2D eigenvalue weighted by Gasteiger charge is 2.16. The van der Waals surface area contributed by atoms with Crippen LogP contribution in [-0.4, -0.2) is 0 Å². The summed E-state index contributed by atoms with van der Waals surface area (Å²) in [5.74, 6) is -0.131. The van der Waals surface area contributed by atoms with E-state index in [0.29, 0.717) is 5.56 Å². The monoisotopic (exact) mass is 256 g/mol. The summed E-state index contributed by atoms with van der Waals surface area (Å²) in [7, 11) is 0. The Balaban J connectivity index is 2.83. The van der Waals surface area contributed by atoms with E-state index in [-0.39, 0.29) is 5.82 Å². The maximum atomic E-state index is 14.3. The lowest BCUT2D eigenvalue weighted by Crippen LogP contribution is -2.00. The van der Waals surface area contributed by atoms with E-state index in [0.717, 1.165) is 11.1 Å². The highest BCUT2D eigenvalue weighted by atomic mass is 19.1. The lowest BCUT2D eigenvalue weighted by molar-refractivity contribution is 0.630. The average molecular weight is 256 g/mol. The second-order valence-corrected chi connectivity index (χ2v) is 5.48. The van der Waals surface area contributed by atoms with Gasteiger partial charge < -0.3 is 0 Å². The van der Waals surface area contributed by atoms with Gasteiger partial charge in [-0.25, -0.2) is 4.39 Å². The molecule has 0 atom stereocenters. The molecule has 0 saturated heterocycles. The Morgan fingerprint density at radius 2 is 1.16 bits per heavy atom. The maximum absolute atomic E-state index is 14.3. The SMILES string of the molecule is Cc1ccc(-c2c(C)c(C)c(C)c(C)c2C)c(F)c1. The Kier molecular flexibility index (Phi) is 3.49. The van der Waals surface area contributed by atoms with Crippen molar-refractivity contribution in [3.8, 4) is 11.1 Å². The van der Waals surface area contributed by atoms with Crippen LogP contribution < -0.4 is 0 Å². The van der Waals surface area contributed by atoms with Crippen LogP contribution in [0.4, 0.5) is 4.39 Å². The molecule has 2 aromatic rings. The molecule has 0 aliphatic rings. The van der Waals surface area contributed by atoms with Gasteiger partial charge in [0.2, 0.25) is 0 Å². The third kappa shape index (κ3) is 2.18. The third-order valence-electron chi connectivity index (χ3n) is 4.39. The molecule has 0 aliphatic heterocycles. The number of hydrogen-bond donors (Lipinski definition) is 0. The smallest absolute Gasteiger partial charge is 0.131 e. The Labute approximate surface area is 115 Å². The molecule has 0 spiro atoms. The van der Waals surface area contributed by atoms with Gasteiger partial charge in [0.25, 0.3) is 0 Å². The molecule has 0 bridgehead atoms. The molecule has 1 heteroatoms. The highest BCUT2D eigenvalue weighted by molar-refractivity contribution is 5.75. The molecule has 2 aromatic carbocycles. The van der Waals surface area contributed by atoms with E-state index in [2.05, 4.69) is 34.6 Å². The van der Waals surface area contributed by atoms with Crippen molar-refractivity contribution in [3.63, 3.8) is 0 Å². The fourth-order valence-electron chi connectivity index (χ4n) is 2.73. The van der Waals surface area contributed by atoms with Crippen LogP contribution in [-0.2, 0) is 0 Å². The average Bonchev–Trinajstić information content (AvgIpc) is 2.37. The first-order valence-electron chi connectivity index (χ1n) is 6.68. The predicted molar refractivity (Wildman–Crippen MR) is 80.3 cm³/mol. The summed E-state index contributed by atoms with van der Waals surface area (Å²) in [6.07, 6.45) is 0. The number of hydrogen-bond acceptors (Lipinski definition) is 0. The van der Waals surface area contributed by atoms with Crippen molar-refractivity contribution in [1.82, 2.24) is 0 Å². The molecule has 0 heterocycles. The van der Waals surface area contributed by atoms with Crippen LogP contribution in [0.25, 0.3) is 11.1 Å². The van der Waals surface area contributed by atoms with Crippen molar-refractivity contribution in [2.24, 2.45) is 0 Å². The Hall–Kier alpha value is -1.63. The summed E-state index contributed by atoms with van der Waals surface area (Å²) in [5, 5.41) is 0. The molecule has 100 valence electrons. The zero-order valence-electron chi connectivity index (χ0n) is 12.6. The first kappa shape index (κ1) is 13.8. The normalized spacial score (nSPS) is 10.9. The van der Waals surface area contributed by atoms with E-state index >= 15 is 0 Å². The van der Waals surface area contributed by atoms with Crippen molar-refractivity contribution in [1.29, 1.82) is 0 Å². The van der Waals surface area contributed by atoms with Crippen LogP contribution in [0.2, 0.25) is 0 Å². The summed E-state index contributed by atoms with van der Waals surface area (Å²) >= 11 is 0. The second kappa shape index (κ2) is 4.80. The number of rotatable bonds is 1. The Morgan fingerprint density at radius 1 is 0.684 bits per heavy atom. The van der Waals surface area contributed by atoms with Gasteiger partial charge in [0.05, 0.1) is 0 Å². The summed E-state index contributed by atoms with van der Waals surface area (Å²) < 4.78 is 14.3. The number of halogens is 1. The molecule has 0 amide bonds. The summed E-state index contributed by atoms with van der Waals surface area (Å²) in [6, 6.07) is 5.48. The molecule has 19 heavy (non-hydrogen) atoms. The fourth-order valence-corrected chi connectivity index (χ4v) is 2.73. The minimum Gasteiger partial charge on any atom is -0.206 e. The quantitative estimate of drug-likeness (QED) is 0.645. The standard InChI is InChI=1S/C18H21F/c1-10-7-8-16(17(19)9-10)18-14(5)12(3)11(2)13(4)15(18)6/h7-9H,1-6H3. The molecule has 0 unspecified atom stereocenters. The van der Waals surface area contributed by atoms with Crippen LogP contribution in [0.15, 0.2) is 18.2 Å². The van der Waals surface area contributed by atoms with Crippen molar-refractivity contribution in [3.05, 3.63) is 57.4 Å². The topological polar surface area (TPSA) is 0 Å². The van der Waals surface area contributed by atoms with Crippen LogP contribution in [0.5, 0.6) is 0 Å².